The van der Waals surface area contributed by atoms with Crippen molar-refractivity contribution >= 4 is 5.91 Å². The number of piperidine rings is 1. The van der Waals surface area contributed by atoms with Gasteiger partial charge in [0.1, 0.15) is 0 Å². The third-order valence-corrected chi connectivity index (χ3v) is 4.63. The van der Waals surface area contributed by atoms with Crippen molar-refractivity contribution in [1.82, 2.24) is 9.80 Å². The van der Waals surface area contributed by atoms with Crippen molar-refractivity contribution in [3.63, 3.8) is 0 Å². The molecule has 0 saturated carbocycles. The van der Waals surface area contributed by atoms with Crippen LogP contribution in [0, 0.1) is 5.92 Å². The molecule has 0 bridgehead atoms. The predicted octanol–water partition coefficient (Wildman–Crippen LogP) is 2.51. The molecule has 18 heavy (non-hydrogen) atoms. The van der Waals surface area contributed by atoms with Gasteiger partial charge in [-0.25, -0.2) is 0 Å². The second-order valence-corrected chi connectivity index (χ2v) is 6.18. The number of carbonyl (C=O) groups is 1. The lowest BCUT2D eigenvalue weighted by Crippen LogP contribution is -2.52. The van der Waals surface area contributed by atoms with Gasteiger partial charge in [0, 0.05) is 38.1 Å². The minimum atomic E-state index is 0.402. The van der Waals surface area contributed by atoms with Gasteiger partial charge in [-0.05, 0) is 39.0 Å². The smallest absolute Gasteiger partial charge is 0.222 e. The van der Waals surface area contributed by atoms with E-state index in [-0.39, 0.29) is 0 Å². The molecule has 2 saturated heterocycles. The van der Waals surface area contributed by atoms with Crippen molar-refractivity contribution < 1.29 is 4.79 Å². The molecule has 0 radical (unpaired) electrons. The largest absolute Gasteiger partial charge is 0.339 e. The molecule has 0 aromatic carbocycles. The average molecular weight is 252 g/mol. The maximum atomic E-state index is 12.0. The van der Waals surface area contributed by atoms with Gasteiger partial charge in [0.2, 0.25) is 5.91 Å². The minimum absolute atomic E-state index is 0.402. The number of hydrogen-bond acceptors (Lipinski definition) is 2. The van der Waals surface area contributed by atoms with Crippen LogP contribution in [0.5, 0.6) is 0 Å². The monoisotopic (exact) mass is 252 g/mol. The third kappa shape index (κ3) is 2.87. The first kappa shape index (κ1) is 13.9. The fraction of sp³-hybridized carbons (Fsp3) is 0.933. The van der Waals surface area contributed by atoms with Crippen molar-refractivity contribution in [3.05, 3.63) is 0 Å². The van der Waals surface area contributed by atoms with Crippen LogP contribution in [-0.2, 0) is 4.79 Å². The van der Waals surface area contributed by atoms with Crippen molar-refractivity contribution in [2.24, 2.45) is 5.92 Å². The Bertz CT molecular complexity index is 290. The Kier molecular flexibility index (Phi) is 4.66. The molecule has 3 nitrogen and oxygen atoms in total. The van der Waals surface area contributed by atoms with E-state index < -0.39 is 0 Å². The number of hydrogen-bond donors (Lipinski definition) is 0. The van der Waals surface area contributed by atoms with Crippen LogP contribution in [0.2, 0.25) is 0 Å². The first-order chi connectivity index (χ1) is 8.63. The SMILES string of the molecule is CCC[C@@H]1CN(C(C)C)CC[C@@H]1N1CCCC1=O. The number of amides is 1. The van der Waals surface area contributed by atoms with Gasteiger partial charge in [-0.3, -0.25) is 4.79 Å². The summed E-state index contributed by atoms with van der Waals surface area (Å²) >= 11 is 0. The van der Waals surface area contributed by atoms with Crippen LogP contribution in [0.15, 0.2) is 0 Å². The van der Waals surface area contributed by atoms with Gasteiger partial charge in [0.15, 0.2) is 0 Å². The maximum absolute atomic E-state index is 12.0. The summed E-state index contributed by atoms with van der Waals surface area (Å²) in [5, 5.41) is 0. The van der Waals surface area contributed by atoms with Crippen molar-refractivity contribution in [3.8, 4) is 0 Å². The molecule has 104 valence electrons. The Morgan fingerprint density at radius 2 is 2.11 bits per heavy atom. The van der Waals surface area contributed by atoms with Gasteiger partial charge in [-0.2, -0.15) is 0 Å². The Morgan fingerprint density at radius 1 is 1.33 bits per heavy atom. The standard InChI is InChI=1S/C15H28N2O/c1-4-6-13-11-16(12(2)3)10-8-14(13)17-9-5-7-15(17)18/h12-14H,4-11H2,1-3H3/t13-,14+/m1/s1. The van der Waals surface area contributed by atoms with Gasteiger partial charge < -0.3 is 9.80 Å². The van der Waals surface area contributed by atoms with Gasteiger partial charge in [-0.15, -0.1) is 0 Å². The summed E-state index contributed by atoms with van der Waals surface area (Å²) < 4.78 is 0. The molecule has 0 aromatic rings. The molecule has 0 aliphatic carbocycles. The highest BCUT2D eigenvalue weighted by Crippen LogP contribution is 2.29. The summed E-state index contributed by atoms with van der Waals surface area (Å²) in [5.74, 6) is 1.09. The van der Waals surface area contributed by atoms with E-state index in [1.54, 1.807) is 0 Å². The van der Waals surface area contributed by atoms with Crippen molar-refractivity contribution in [2.45, 2.75) is 65.0 Å². The zero-order chi connectivity index (χ0) is 13.1. The van der Waals surface area contributed by atoms with E-state index in [2.05, 4.69) is 30.6 Å². The van der Waals surface area contributed by atoms with Crippen LogP contribution < -0.4 is 0 Å². The molecule has 1 amide bonds. The van der Waals surface area contributed by atoms with Crippen molar-refractivity contribution in [2.75, 3.05) is 19.6 Å². The molecule has 2 aliphatic heterocycles. The summed E-state index contributed by atoms with van der Waals surface area (Å²) in [6.45, 7) is 10.2. The highest BCUT2D eigenvalue weighted by atomic mass is 16.2. The molecule has 3 heteroatoms. The molecular weight excluding hydrogens is 224 g/mol. The second-order valence-electron chi connectivity index (χ2n) is 6.18. The van der Waals surface area contributed by atoms with Crippen LogP contribution in [-0.4, -0.2) is 47.4 Å². The lowest BCUT2D eigenvalue weighted by atomic mass is 9.87. The summed E-state index contributed by atoms with van der Waals surface area (Å²) in [6.07, 6.45) is 5.52. The zero-order valence-corrected chi connectivity index (χ0v) is 12.2. The van der Waals surface area contributed by atoms with Crippen LogP contribution >= 0.6 is 0 Å². The zero-order valence-electron chi connectivity index (χ0n) is 12.2. The minimum Gasteiger partial charge on any atom is -0.339 e. The summed E-state index contributed by atoms with van der Waals surface area (Å²) in [7, 11) is 0. The van der Waals surface area contributed by atoms with E-state index in [4.69, 9.17) is 0 Å². The van der Waals surface area contributed by atoms with E-state index in [9.17, 15) is 4.79 Å². The van der Waals surface area contributed by atoms with E-state index in [0.29, 0.717) is 23.9 Å². The molecule has 2 rings (SSSR count). The average Bonchev–Trinajstić information content (AvgIpc) is 2.75. The molecule has 2 aliphatic rings. The first-order valence-corrected chi connectivity index (χ1v) is 7.67. The topological polar surface area (TPSA) is 23.6 Å². The van der Waals surface area contributed by atoms with Gasteiger partial charge >= 0.3 is 0 Å². The Hall–Kier alpha value is -0.570. The van der Waals surface area contributed by atoms with E-state index in [1.807, 2.05) is 0 Å². The highest BCUT2D eigenvalue weighted by molar-refractivity contribution is 5.78. The van der Waals surface area contributed by atoms with Crippen LogP contribution in [0.1, 0.15) is 52.9 Å². The predicted molar refractivity (Wildman–Crippen MR) is 74.5 cm³/mol. The fourth-order valence-corrected chi connectivity index (χ4v) is 3.60. The van der Waals surface area contributed by atoms with E-state index in [1.165, 1.54) is 25.8 Å². The Labute approximate surface area is 112 Å². The molecule has 2 fully saturated rings. The molecular formula is C15H28N2O. The van der Waals surface area contributed by atoms with E-state index in [0.717, 1.165) is 25.9 Å². The molecule has 0 spiro atoms. The molecule has 0 N–H and O–H groups in total. The maximum Gasteiger partial charge on any atom is 0.222 e. The van der Waals surface area contributed by atoms with Gasteiger partial charge in [0.25, 0.3) is 0 Å². The third-order valence-electron chi connectivity index (χ3n) is 4.63. The summed E-state index contributed by atoms with van der Waals surface area (Å²) in [5.41, 5.74) is 0. The number of carbonyl (C=O) groups excluding carboxylic acids is 1. The van der Waals surface area contributed by atoms with Crippen LogP contribution in [0.4, 0.5) is 0 Å². The Balaban J connectivity index is 2.02. The van der Waals surface area contributed by atoms with Crippen molar-refractivity contribution in [1.29, 1.82) is 0 Å². The lowest BCUT2D eigenvalue weighted by Gasteiger charge is -2.44. The normalized spacial score (nSPS) is 30.4. The number of nitrogens with zero attached hydrogens (tertiary/aromatic N) is 2. The molecule has 2 atom stereocenters. The number of rotatable bonds is 4. The lowest BCUT2D eigenvalue weighted by molar-refractivity contribution is -0.132. The van der Waals surface area contributed by atoms with Crippen LogP contribution in [0.3, 0.4) is 0 Å². The fourth-order valence-electron chi connectivity index (χ4n) is 3.60. The molecule has 0 aromatic heterocycles. The first-order valence-electron chi connectivity index (χ1n) is 7.67. The van der Waals surface area contributed by atoms with Gasteiger partial charge in [-0.1, -0.05) is 13.3 Å². The summed E-state index contributed by atoms with van der Waals surface area (Å²) in [4.78, 5) is 16.7. The molecule has 0 unspecified atom stereocenters. The Morgan fingerprint density at radius 3 is 2.67 bits per heavy atom. The quantitative estimate of drug-likeness (QED) is 0.767. The van der Waals surface area contributed by atoms with E-state index >= 15 is 0 Å². The number of likely N-dealkylation sites (tertiary alicyclic amines) is 2. The highest BCUT2D eigenvalue weighted by Gasteiger charge is 2.37. The molecule has 2 heterocycles. The second kappa shape index (κ2) is 6.05. The summed E-state index contributed by atoms with van der Waals surface area (Å²) in [6, 6.07) is 1.16. The van der Waals surface area contributed by atoms with Gasteiger partial charge in [0.05, 0.1) is 0 Å². The van der Waals surface area contributed by atoms with Crippen LogP contribution in [0.25, 0.3) is 0 Å².